The molecule has 6 heteroatoms. The van der Waals surface area contributed by atoms with Crippen molar-refractivity contribution in [3.05, 3.63) is 23.8 Å². The van der Waals surface area contributed by atoms with Crippen molar-refractivity contribution in [2.45, 2.75) is 12.8 Å². The molecule has 20 heavy (non-hydrogen) atoms. The first-order chi connectivity index (χ1) is 9.52. The van der Waals surface area contributed by atoms with Crippen LogP contribution in [0.25, 0.3) is 0 Å². The molecular weight excluding hydrogens is 258 g/mol. The number of piperidine rings is 1. The predicted molar refractivity (Wildman–Crippen MR) is 75.9 cm³/mol. The number of rotatable bonds is 2. The lowest BCUT2D eigenvalue weighted by Gasteiger charge is -2.31. The summed E-state index contributed by atoms with van der Waals surface area (Å²) in [5.41, 5.74) is 12.8. The summed E-state index contributed by atoms with van der Waals surface area (Å²) in [4.78, 5) is 25.5. The van der Waals surface area contributed by atoms with E-state index in [1.54, 1.807) is 23.1 Å². The van der Waals surface area contributed by atoms with E-state index in [1.165, 1.54) is 7.11 Å². The number of amides is 1. The third kappa shape index (κ3) is 2.84. The molecule has 108 valence electrons. The van der Waals surface area contributed by atoms with Crippen LogP contribution in [0.4, 0.5) is 11.4 Å². The standard InChI is InChI=1S/C14H19N3O3/c1-20-14(19)9-4-6-17(7-5-9)13(18)11-3-2-10(15)8-12(11)16/h2-3,8-9H,4-7,15-16H2,1H3. The minimum atomic E-state index is -0.205. The average molecular weight is 277 g/mol. The molecule has 0 aliphatic carbocycles. The Balaban J connectivity index is 2.03. The lowest BCUT2D eigenvalue weighted by molar-refractivity contribution is -0.146. The summed E-state index contributed by atoms with van der Waals surface area (Å²) in [6.07, 6.45) is 1.24. The summed E-state index contributed by atoms with van der Waals surface area (Å²) in [7, 11) is 1.38. The van der Waals surface area contributed by atoms with E-state index in [1.807, 2.05) is 0 Å². The topological polar surface area (TPSA) is 98.6 Å². The molecule has 1 amide bonds. The van der Waals surface area contributed by atoms with E-state index < -0.39 is 0 Å². The van der Waals surface area contributed by atoms with E-state index in [0.29, 0.717) is 42.9 Å². The molecule has 0 radical (unpaired) electrons. The quantitative estimate of drug-likeness (QED) is 0.617. The van der Waals surface area contributed by atoms with Crippen LogP contribution >= 0.6 is 0 Å². The van der Waals surface area contributed by atoms with Crippen LogP contribution in [0.5, 0.6) is 0 Å². The van der Waals surface area contributed by atoms with Crippen molar-refractivity contribution < 1.29 is 14.3 Å². The van der Waals surface area contributed by atoms with Crippen LogP contribution in [-0.2, 0) is 9.53 Å². The largest absolute Gasteiger partial charge is 0.469 e. The van der Waals surface area contributed by atoms with Gasteiger partial charge in [0.05, 0.1) is 18.6 Å². The third-order valence-electron chi connectivity index (χ3n) is 3.62. The highest BCUT2D eigenvalue weighted by atomic mass is 16.5. The van der Waals surface area contributed by atoms with Crippen molar-refractivity contribution >= 4 is 23.3 Å². The molecule has 1 aliphatic heterocycles. The number of nitrogen functional groups attached to an aromatic ring is 2. The van der Waals surface area contributed by atoms with Gasteiger partial charge in [0.2, 0.25) is 0 Å². The number of nitrogens with two attached hydrogens (primary N) is 2. The van der Waals surface area contributed by atoms with Crippen LogP contribution in [0, 0.1) is 5.92 Å². The van der Waals surface area contributed by atoms with Gasteiger partial charge in [0.15, 0.2) is 0 Å². The van der Waals surface area contributed by atoms with E-state index in [4.69, 9.17) is 16.2 Å². The zero-order valence-electron chi connectivity index (χ0n) is 11.5. The molecule has 0 saturated carbocycles. The number of likely N-dealkylation sites (tertiary alicyclic amines) is 1. The second-order valence-corrected chi connectivity index (χ2v) is 4.94. The Morgan fingerprint density at radius 3 is 2.45 bits per heavy atom. The Morgan fingerprint density at radius 1 is 1.25 bits per heavy atom. The molecule has 0 bridgehead atoms. The van der Waals surface area contributed by atoms with Gasteiger partial charge in [-0.25, -0.2) is 0 Å². The molecule has 1 aliphatic rings. The van der Waals surface area contributed by atoms with E-state index in [-0.39, 0.29) is 17.8 Å². The van der Waals surface area contributed by atoms with Gasteiger partial charge in [-0.15, -0.1) is 0 Å². The molecule has 4 N–H and O–H groups in total. The number of benzene rings is 1. The number of carbonyl (C=O) groups excluding carboxylic acids is 2. The molecule has 0 unspecified atom stereocenters. The molecule has 0 aromatic heterocycles. The van der Waals surface area contributed by atoms with Crippen LogP contribution in [0.15, 0.2) is 18.2 Å². The van der Waals surface area contributed by atoms with E-state index in [0.717, 1.165) is 0 Å². The van der Waals surface area contributed by atoms with Gasteiger partial charge in [0.25, 0.3) is 5.91 Å². The van der Waals surface area contributed by atoms with Crippen LogP contribution in [0.3, 0.4) is 0 Å². The maximum Gasteiger partial charge on any atom is 0.308 e. The Labute approximate surface area is 117 Å². The second-order valence-electron chi connectivity index (χ2n) is 4.94. The Bertz CT molecular complexity index is 522. The van der Waals surface area contributed by atoms with Crippen LogP contribution in [-0.4, -0.2) is 37.0 Å². The zero-order chi connectivity index (χ0) is 14.7. The van der Waals surface area contributed by atoms with Crippen molar-refractivity contribution in [1.29, 1.82) is 0 Å². The van der Waals surface area contributed by atoms with Gasteiger partial charge in [-0.3, -0.25) is 9.59 Å². The molecule has 0 atom stereocenters. The van der Waals surface area contributed by atoms with Gasteiger partial charge in [-0.2, -0.15) is 0 Å². The van der Waals surface area contributed by atoms with Crippen LogP contribution in [0.2, 0.25) is 0 Å². The predicted octanol–water partition coefficient (Wildman–Crippen LogP) is 0.876. The van der Waals surface area contributed by atoms with Crippen molar-refractivity contribution in [2.24, 2.45) is 5.92 Å². The lowest BCUT2D eigenvalue weighted by Crippen LogP contribution is -2.40. The minimum absolute atomic E-state index is 0.118. The van der Waals surface area contributed by atoms with Crippen molar-refractivity contribution in [3.63, 3.8) is 0 Å². The maximum absolute atomic E-state index is 12.4. The first-order valence-electron chi connectivity index (χ1n) is 6.55. The Hall–Kier alpha value is -2.24. The zero-order valence-corrected chi connectivity index (χ0v) is 11.5. The third-order valence-corrected chi connectivity index (χ3v) is 3.62. The number of hydrogen-bond acceptors (Lipinski definition) is 5. The van der Waals surface area contributed by atoms with Gasteiger partial charge >= 0.3 is 5.97 Å². The summed E-state index contributed by atoms with van der Waals surface area (Å²) < 4.78 is 4.73. The molecular formula is C14H19N3O3. The number of hydrogen-bond donors (Lipinski definition) is 2. The van der Waals surface area contributed by atoms with E-state index >= 15 is 0 Å². The summed E-state index contributed by atoms with van der Waals surface area (Å²) in [5.74, 6) is -0.442. The summed E-state index contributed by atoms with van der Waals surface area (Å²) in [6, 6.07) is 4.87. The highest BCUT2D eigenvalue weighted by Gasteiger charge is 2.28. The smallest absolute Gasteiger partial charge is 0.308 e. The van der Waals surface area contributed by atoms with Gasteiger partial charge < -0.3 is 21.1 Å². The van der Waals surface area contributed by atoms with Gasteiger partial charge in [-0.1, -0.05) is 0 Å². The first-order valence-corrected chi connectivity index (χ1v) is 6.55. The minimum Gasteiger partial charge on any atom is -0.469 e. The molecule has 1 aromatic rings. The molecule has 1 heterocycles. The summed E-state index contributed by atoms with van der Waals surface area (Å²) in [5, 5.41) is 0. The molecule has 1 fully saturated rings. The van der Waals surface area contributed by atoms with Crippen molar-refractivity contribution in [2.75, 3.05) is 31.7 Å². The Morgan fingerprint density at radius 2 is 1.90 bits per heavy atom. The molecule has 2 rings (SSSR count). The highest BCUT2D eigenvalue weighted by molar-refractivity contribution is 5.99. The molecule has 0 spiro atoms. The number of nitrogens with zero attached hydrogens (tertiary/aromatic N) is 1. The average Bonchev–Trinajstić information content (AvgIpc) is 2.46. The molecule has 1 aromatic carbocycles. The van der Waals surface area contributed by atoms with E-state index in [9.17, 15) is 9.59 Å². The fourth-order valence-electron chi connectivity index (χ4n) is 2.43. The van der Waals surface area contributed by atoms with Crippen LogP contribution < -0.4 is 11.5 Å². The number of ether oxygens (including phenoxy) is 1. The van der Waals surface area contributed by atoms with Gasteiger partial charge in [0.1, 0.15) is 0 Å². The summed E-state index contributed by atoms with van der Waals surface area (Å²) >= 11 is 0. The van der Waals surface area contributed by atoms with Crippen molar-refractivity contribution in [1.82, 2.24) is 4.90 Å². The van der Waals surface area contributed by atoms with Gasteiger partial charge in [0, 0.05) is 24.5 Å². The molecule has 6 nitrogen and oxygen atoms in total. The maximum atomic E-state index is 12.4. The SMILES string of the molecule is COC(=O)C1CCN(C(=O)c2ccc(N)cc2N)CC1. The Kier molecular flexibility index (Phi) is 4.12. The fourth-order valence-corrected chi connectivity index (χ4v) is 2.43. The van der Waals surface area contributed by atoms with Gasteiger partial charge in [-0.05, 0) is 31.0 Å². The highest BCUT2D eigenvalue weighted by Crippen LogP contribution is 2.23. The number of anilines is 2. The normalized spacial score (nSPS) is 15.9. The monoisotopic (exact) mass is 277 g/mol. The van der Waals surface area contributed by atoms with E-state index in [2.05, 4.69) is 0 Å². The number of esters is 1. The second kappa shape index (κ2) is 5.81. The number of carbonyl (C=O) groups is 2. The van der Waals surface area contributed by atoms with Crippen molar-refractivity contribution in [3.8, 4) is 0 Å². The summed E-state index contributed by atoms with van der Waals surface area (Å²) in [6.45, 7) is 1.06. The number of methoxy groups -OCH3 is 1. The first kappa shape index (κ1) is 14.2. The lowest BCUT2D eigenvalue weighted by atomic mass is 9.96. The fraction of sp³-hybridized carbons (Fsp3) is 0.429. The van der Waals surface area contributed by atoms with Crippen LogP contribution in [0.1, 0.15) is 23.2 Å². The molecule has 1 saturated heterocycles.